The third kappa shape index (κ3) is 1.57. The lowest BCUT2D eigenvalue weighted by Gasteiger charge is -2.29. The normalized spacial score (nSPS) is 56.8. The van der Waals surface area contributed by atoms with Gasteiger partial charge in [-0.1, -0.05) is 0 Å². The third-order valence-corrected chi connectivity index (χ3v) is 7.71. The fraction of sp³-hybridized carbons (Fsp3) is 1.00. The zero-order valence-electron chi connectivity index (χ0n) is 8.93. The highest BCUT2D eigenvalue weighted by atomic mass is 32.2. The van der Waals surface area contributed by atoms with Gasteiger partial charge in [-0.25, -0.2) is 0 Å². The van der Waals surface area contributed by atoms with E-state index >= 15 is 0 Å². The van der Waals surface area contributed by atoms with E-state index in [9.17, 15) is 0 Å². The number of thioether (sulfide) groups is 2. The number of rotatable bonds is 2. The quantitative estimate of drug-likeness (QED) is 0.737. The molecule has 0 amide bonds. The molecule has 2 aliphatic carbocycles. The van der Waals surface area contributed by atoms with E-state index in [1.54, 1.807) is 0 Å². The molecule has 2 aliphatic heterocycles. The summed E-state index contributed by atoms with van der Waals surface area (Å²) in [6, 6.07) is 0. The van der Waals surface area contributed by atoms with Crippen molar-refractivity contribution in [1.82, 2.24) is 0 Å². The Morgan fingerprint density at radius 2 is 1.27 bits per heavy atom. The van der Waals surface area contributed by atoms with Gasteiger partial charge in [-0.2, -0.15) is 23.5 Å². The number of fused-ring (bicyclic) bond motifs is 4. The minimum absolute atomic E-state index is 0.624. The Balaban J connectivity index is 1.40. The molecule has 6 atom stereocenters. The monoisotopic (exact) mass is 242 g/mol. The maximum atomic E-state index is 6.40. The van der Waals surface area contributed by atoms with Crippen LogP contribution in [0.3, 0.4) is 0 Å². The molecule has 4 bridgehead atoms. The van der Waals surface area contributed by atoms with Gasteiger partial charge in [-0.15, -0.1) is 0 Å². The molecule has 0 aromatic carbocycles. The number of hydrogen-bond acceptors (Lipinski definition) is 3. The summed E-state index contributed by atoms with van der Waals surface area (Å²) in [7, 11) is 0. The predicted octanol–water partition coefficient (Wildman–Crippen LogP) is 2.79. The first kappa shape index (κ1) is 9.67. The molecule has 4 fully saturated rings. The van der Waals surface area contributed by atoms with Crippen LogP contribution in [0.25, 0.3) is 0 Å². The second kappa shape index (κ2) is 3.58. The topological polar surface area (TPSA) is 9.23 Å². The molecular weight excluding hydrogens is 224 g/mol. The standard InChI is InChI=1S/C12H18OS2/c1-7-3-11(14-5-7)9(1)13-10-2-8-4-12(10)15-6-8/h7-12H,1-6H2. The lowest BCUT2D eigenvalue weighted by Crippen LogP contribution is -2.32. The fourth-order valence-corrected chi connectivity index (χ4v) is 6.95. The molecule has 84 valence electrons. The summed E-state index contributed by atoms with van der Waals surface area (Å²) in [5, 5.41) is 1.72. The summed E-state index contributed by atoms with van der Waals surface area (Å²) in [4.78, 5) is 0. The molecule has 0 radical (unpaired) electrons. The van der Waals surface area contributed by atoms with Gasteiger partial charge in [0.25, 0.3) is 0 Å². The summed E-state index contributed by atoms with van der Waals surface area (Å²) in [5.41, 5.74) is 0. The largest absolute Gasteiger partial charge is 0.373 e. The van der Waals surface area contributed by atoms with Gasteiger partial charge < -0.3 is 4.74 Å². The SMILES string of the molecule is C1SC2CC1CC2OC1CC2CSC1C2. The van der Waals surface area contributed by atoms with E-state index in [2.05, 4.69) is 23.5 Å². The highest BCUT2D eigenvalue weighted by Gasteiger charge is 2.46. The van der Waals surface area contributed by atoms with Gasteiger partial charge in [0.05, 0.1) is 12.2 Å². The van der Waals surface area contributed by atoms with Crippen LogP contribution in [-0.2, 0) is 4.74 Å². The second-order valence-electron chi connectivity index (χ2n) is 5.63. The Bertz CT molecular complexity index is 244. The van der Waals surface area contributed by atoms with E-state index in [1.165, 1.54) is 37.2 Å². The Morgan fingerprint density at radius 1 is 0.733 bits per heavy atom. The van der Waals surface area contributed by atoms with Gasteiger partial charge in [0.1, 0.15) is 0 Å². The van der Waals surface area contributed by atoms with Crippen molar-refractivity contribution in [3.63, 3.8) is 0 Å². The van der Waals surface area contributed by atoms with Crippen LogP contribution in [0.5, 0.6) is 0 Å². The smallest absolute Gasteiger partial charge is 0.0701 e. The minimum atomic E-state index is 0.624. The highest BCUT2D eigenvalue weighted by molar-refractivity contribution is 8.00. The first-order valence-electron chi connectivity index (χ1n) is 6.27. The Morgan fingerprint density at radius 3 is 1.60 bits per heavy atom. The molecule has 0 N–H and O–H groups in total. The van der Waals surface area contributed by atoms with Crippen molar-refractivity contribution >= 4 is 23.5 Å². The summed E-state index contributed by atoms with van der Waals surface area (Å²) >= 11 is 4.34. The molecule has 3 heteroatoms. The van der Waals surface area contributed by atoms with Crippen LogP contribution in [0.1, 0.15) is 25.7 Å². The van der Waals surface area contributed by atoms with Gasteiger partial charge >= 0.3 is 0 Å². The van der Waals surface area contributed by atoms with Crippen LogP contribution in [0.4, 0.5) is 0 Å². The van der Waals surface area contributed by atoms with Gasteiger partial charge in [0.15, 0.2) is 0 Å². The number of ether oxygens (including phenoxy) is 1. The molecule has 0 spiro atoms. The van der Waals surface area contributed by atoms with E-state index in [0.717, 1.165) is 22.3 Å². The molecule has 2 saturated heterocycles. The average Bonchev–Trinajstić information content (AvgIpc) is 2.96. The molecule has 15 heavy (non-hydrogen) atoms. The fourth-order valence-electron chi connectivity index (χ4n) is 3.77. The van der Waals surface area contributed by atoms with Crippen molar-refractivity contribution in [3.8, 4) is 0 Å². The van der Waals surface area contributed by atoms with Crippen LogP contribution < -0.4 is 0 Å². The van der Waals surface area contributed by atoms with Crippen molar-refractivity contribution in [1.29, 1.82) is 0 Å². The summed E-state index contributed by atoms with van der Waals surface area (Å²) in [6.45, 7) is 0. The van der Waals surface area contributed by atoms with Crippen molar-refractivity contribution in [2.75, 3.05) is 11.5 Å². The number of hydrogen-bond donors (Lipinski definition) is 0. The van der Waals surface area contributed by atoms with Crippen molar-refractivity contribution in [3.05, 3.63) is 0 Å². The zero-order valence-corrected chi connectivity index (χ0v) is 10.6. The van der Waals surface area contributed by atoms with Crippen LogP contribution in [0.2, 0.25) is 0 Å². The molecule has 2 saturated carbocycles. The summed E-state index contributed by atoms with van der Waals surface area (Å²) < 4.78 is 6.40. The second-order valence-corrected chi connectivity index (χ2v) is 8.18. The first-order chi connectivity index (χ1) is 7.38. The zero-order chi connectivity index (χ0) is 9.83. The van der Waals surface area contributed by atoms with Crippen LogP contribution in [0, 0.1) is 11.8 Å². The Hall–Kier alpha value is 0.660. The minimum Gasteiger partial charge on any atom is -0.373 e. The average molecular weight is 242 g/mol. The summed E-state index contributed by atoms with van der Waals surface area (Å²) in [5.74, 6) is 4.82. The molecule has 0 aromatic heterocycles. The van der Waals surface area contributed by atoms with Gasteiger partial charge in [0.2, 0.25) is 0 Å². The first-order valence-corrected chi connectivity index (χ1v) is 8.37. The third-order valence-electron chi connectivity index (χ3n) is 4.53. The lowest BCUT2D eigenvalue weighted by atomic mass is 10.1. The molecule has 0 aromatic rings. The molecule has 1 nitrogen and oxygen atoms in total. The van der Waals surface area contributed by atoms with E-state index < -0.39 is 0 Å². The molecule has 4 rings (SSSR count). The van der Waals surface area contributed by atoms with Crippen molar-refractivity contribution in [2.45, 2.75) is 48.4 Å². The van der Waals surface area contributed by atoms with Crippen molar-refractivity contribution in [2.24, 2.45) is 11.8 Å². The van der Waals surface area contributed by atoms with Gasteiger partial charge in [0, 0.05) is 10.5 Å². The van der Waals surface area contributed by atoms with Crippen LogP contribution in [-0.4, -0.2) is 34.2 Å². The Kier molecular flexibility index (Phi) is 2.30. The highest BCUT2D eigenvalue weighted by Crippen LogP contribution is 2.50. The molecule has 4 aliphatic rings. The van der Waals surface area contributed by atoms with Crippen molar-refractivity contribution < 1.29 is 4.74 Å². The van der Waals surface area contributed by atoms with E-state index in [4.69, 9.17) is 4.74 Å². The van der Waals surface area contributed by atoms with E-state index in [0.29, 0.717) is 12.2 Å². The predicted molar refractivity (Wildman–Crippen MR) is 66.6 cm³/mol. The summed E-state index contributed by atoms with van der Waals surface area (Å²) in [6.07, 6.45) is 6.89. The Labute approximate surface area is 100 Å². The van der Waals surface area contributed by atoms with Gasteiger partial charge in [-0.3, -0.25) is 0 Å². The van der Waals surface area contributed by atoms with Gasteiger partial charge in [-0.05, 0) is 49.0 Å². The molecule has 2 heterocycles. The van der Waals surface area contributed by atoms with Crippen LogP contribution >= 0.6 is 23.5 Å². The maximum absolute atomic E-state index is 6.40. The molecular formula is C12H18OS2. The van der Waals surface area contributed by atoms with E-state index in [-0.39, 0.29) is 0 Å². The molecule has 6 unspecified atom stereocenters. The lowest BCUT2D eigenvalue weighted by molar-refractivity contribution is -0.00403. The van der Waals surface area contributed by atoms with E-state index in [1.807, 2.05) is 0 Å². The maximum Gasteiger partial charge on any atom is 0.0701 e. The van der Waals surface area contributed by atoms with Crippen LogP contribution in [0.15, 0.2) is 0 Å².